The molecule has 1 amide bonds. The first-order chi connectivity index (χ1) is 12.1. The van der Waals surface area contributed by atoms with Crippen LogP contribution >= 0.6 is 0 Å². The monoisotopic (exact) mass is 340 g/mol. The van der Waals surface area contributed by atoms with Crippen LogP contribution in [0.1, 0.15) is 40.8 Å². The molecular formula is C18H24N6O. The van der Waals surface area contributed by atoms with Gasteiger partial charge in [-0.2, -0.15) is 0 Å². The summed E-state index contributed by atoms with van der Waals surface area (Å²) >= 11 is 0. The molecule has 7 heteroatoms. The van der Waals surface area contributed by atoms with Gasteiger partial charge in [0.25, 0.3) is 5.91 Å². The summed E-state index contributed by atoms with van der Waals surface area (Å²) < 4.78 is 0. The third-order valence-electron chi connectivity index (χ3n) is 5.16. The summed E-state index contributed by atoms with van der Waals surface area (Å²) in [7, 11) is 0. The number of H-pyrrole nitrogens is 1. The fraction of sp³-hybridized carbons (Fsp3) is 0.500. The number of piperazine rings is 1. The van der Waals surface area contributed by atoms with Crippen molar-refractivity contribution in [3.05, 3.63) is 41.6 Å². The van der Waals surface area contributed by atoms with E-state index in [9.17, 15) is 4.79 Å². The highest BCUT2D eigenvalue weighted by molar-refractivity contribution is 5.92. The second kappa shape index (κ2) is 6.48. The van der Waals surface area contributed by atoms with Gasteiger partial charge < -0.3 is 20.5 Å². The normalized spacial score (nSPS) is 23.4. The molecule has 0 atom stereocenters. The molecule has 132 valence electrons. The highest BCUT2D eigenvalue weighted by Crippen LogP contribution is 2.35. The van der Waals surface area contributed by atoms with E-state index in [1.807, 2.05) is 24.0 Å². The molecule has 1 saturated heterocycles. The number of nitrogens with two attached hydrogens (primary N) is 1. The topological polar surface area (TPSA) is 91.1 Å². The van der Waals surface area contributed by atoms with Gasteiger partial charge in [-0.25, -0.2) is 9.97 Å². The lowest BCUT2D eigenvalue weighted by Gasteiger charge is -2.36. The maximum Gasteiger partial charge on any atom is 0.270 e. The number of nitrogens with one attached hydrogen (secondary N) is 1. The van der Waals surface area contributed by atoms with Crippen molar-refractivity contribution in [2.75, 3.05) is 31.1 Å². The van der Waals surface area contributed by atoms with E-state index >= 15 is 0 Å². The Balaban J connectivity index is 1.43. The van der Waals surface area contributed by atoms with Gasteiger partial charge in [0.15, 0.2) is 0 Å². The van der Waals surface area contributed by atoms with E-state index in [-0.39, 0.29) is 5.91 Å². The van der Waals surface area contributed by atoms with Crippen LogP contribution in [0.5, 0.6) is 0 Å². The van der Waals surface area contributed by atoms with Gasteiger partial charge in [0.2, 0.25) is 0 Å². The molecule has 0 unspecified atom stereocenters. The molecule has 1 aliphatic carbocycles. The first-order valence-corrected chi connectivity index (χ1v) is 8.89. The number of aryl methyl sites for hydroxylation is 1. The largest absolute Gasteiger partial charge is 0.357 e. The summed E-state index contributed by atoms with van der Waals surface area (Å²) in [6.07, 6.45) is 3.80. The molecule has 0 radical (unpaired) electrons. The minimum absolute atomic E-state index is 0.0627. The fourth-order valence-corrected chi connectivity index (χ4v) is 3.62. The Labute approximate surface area is 147 Å². The molecule has 1 saturated carbocycles. The van der Waals surface area contributed by atoms with E-state index in [2.05, 4.69) is 25.9 Å². The summed E-state index contributed by atoms with van der Waals surface area (Å²) in [6, 6.07) is 6.08. The minimum Gasteiger partial charge on any atom is -0.357 e. The zero-order chi connectivity index (χ0) is 17.4. The van der Waals surface area contributed by atoms with E-state index in [0.717, 1.165) is 43.3 Å². The standard InChI is InChI=1S/C18H24N6O/c1-12-21-16(13-9-14(19)10-13)11-17(22-12)23-5-7-24(8-6-23)18(25)15-3-2-4-20-15/h2-4,11,13-14,20H,5-10,19H2,1H3. The van der Waals surface area contributed by atoms with E-state index < -0.39 is 0 Å². The van der Waals surface area contributed by atoms with Gasteiger partial charge >= 0.3 is 0 Å². The Bertz CT molecular complexity index is 745. The molecule has 25 heavy (non-hydrogen) atoms. The molecular weight excluding hydrogens is 316 g/mol. The van der Waals surface area contributed by atoms with Crippen molar-refractivity contribution >= 4 is 11.7 Å². The number of rotatable bonds is 3. The van der Waals surface area contributed by atoms with Crippen molar-refractivity contribution in [2.45, 2.75) is 31.7 Å². The quantitative estimate of drug-likeness (QED) is 0.878. The molecule has 2 aromatic rings. The molecule has 7 nitrogen and oxygen atoms in total. The molecule has 4 rings (SSSR count). The van der Waals surface area contributed by atoms with Crippen LogP contribution in [0.15, 0.2) is 24.4 Å². The number of hydrogen-bond acceptors (Lipinski definition) is 5. The number of nitrogens with zero attached hydrogens (tertiary/aromatic N) is 4. The summed E-state index contributed by atoms with van der Waals surface area (Å²) in [5.41, 5.74) is 7.67. The van der Waals surface area contributed by atoms with Gasteiger partial charge in [-0.05, 0) is 31.9 Å². The van der Waals surface area contributed by atoms with Crippen LogP contribution < -0.4 is 10.6 Å². The molecule has 1 aliphatic heterocycles. The highest BCUT2D eigenvalue weighted by Gasteiger charge is 2.30. The number of carbonyl (C=O) groups is 1. The fourth-order valence-electron chi connectivity index (χ4n) is 3.62. The Kier molecular flexibility index (Phi) is 4.17. The first-order valence-electron chi connectivity index (χ1n) is 8.89. The van der Waals surface area contributed by atoms with E-state index in [1.54, 1.807) is 6.20 Å². The van der Waals surface area contributed by atoms with Crippen LogP contribution in [0, 0.1) is 6.92 Å². The van der Waals surface area contributed by atoms with Crippen LogP contribution in [0.3, 0.4) is 0 Å². The first kappa shape index (κ1) is 16.1. The number of anilines is 1. The summed E-state index contributed by atoms with van der Waals surface area (Å²) in [5.74, 6) is 2.30. The van der Waals surface area contributed by atoms with Crippen molar-refractivity contribution in [1.29, 1.82) is 0 Å². The van der Waals surface area contributed by atoms with Crippen molar-refractivity contribution in [3.8, 4) is 0 Å². The van der Waals surface area contributed by atoms with Crippen molar-refractivity contribution < 1.29 is 4.79 Å². The molecule has 3 N–H and O–H groups in total. The number of carbonyl (C=O) groups excluding carboxylic acids is 1. The van der Waals surface area contributed by atoms with Crippen molar-refractivity contribution in [1.82, 2.24) is 19.9 Å². The average Bonchev–Trinajstić information content (AvgIpc) is 3.12. The third kappa shape index (κ3) is 3.24. The number of aromatic amines is 1. The SMILES string of the molecule is Cc1nc(C2CC(N)C2)cc(N2CCN(C(=O)c3ccc[nH]3)CC2)n1. The number of aromatic nitrogens is 3. The van der Waals surface area contributed by atoms with Crippen molar-refractivity contribution in [2.24, 2.45) is 5.73 Å². The second-order valence-electron chi connectivity index (χ2n) is 6.99. The molecule has 2 fully saturated rings. The average molecular weight is 340 g/mol. The highest BCUT2D eigenvalue weighted by atomic mass is 16.2. The Hall–Kier alpha value is -2.41. The van der Waals surface area contributed by atoms with Gasteiger partial charge in [-0.1, -0.05) is 0 Å². The maximum atomic E-state index is 12.4. The molecule has 3 heterocycles. The summed E-state index contributed by atoms with van der Waals surface area (Å²) in [6.45, 7) is 4.91. The zero-order valence-corrected chi connectivity index (χ0v) is 14.5. The maximum absolute atomic E-state index is 12.4. The van der Waals surface area contributed by atoms with Crippen LogP contribution in [0.2, 0.25) is 0 Å². The third-order valence-corrected chi connectivity index (χ3v) is 5.16. The number of amides is 1. The zero-order valence-electron chi connectivity index (χ0n) is 14.5. The molecule has 0 bridgehead atoms. The Morgan fingerprint density at radius 2 is 2.00 bits per heavy atom. The predicted molar refractivity (Wildman–Crippen MR) is 95.6 cm³/mol. The van der Waals surface area contributed by atoms with E-state index in [1.165, 1.54) is 0 Å². The van der Waals surface area contributed by atoms with Gasteiger partial charge in [-0.15, -0.1) is 0 Å². The Morgan fingerprint density at radius 3 is 2.64 bits per heavy atom. The number of hydrogen-bond donors (Lipinski definition) is 2. The molecule has 0 aromatic carbocycles. The van der Waals surface area contributed by atoms with Gasteiger partial charge in [-0.3, -0.25) is 4.79 Å². The predicted octanol–water partition coefficient (Wildman–Crippen LogP) is 1.28. The summed E-state index contributed by atoms with van der Waals surface area (Å²) in [4.78, 5) is 28.8. The summed E-state index contributed by atoms with van der Waals surface area (Å²) in [5, 5.41) is 0. The lowest BCUT2D eigenvalue weighted by Crippen LogP contribution is -2.49. The van der Waals surface area contributed by atoms with Crippen LogP contribution in [-0.4, -0.2) is 58.0 Å². The van der Waals surface area contributed by atoms with E-state index in [4.69, 9.17) is 5.73 Å². The van der Waals surface area contributed by atoms with Crippen LogP contribution in [-0.2, 0) is 0 Å². The smallest absolute Gasteiger partial charge is 0.270 e. The van der Waals surface area contributed by atoms with E-state index in [0.29, 0.717) is 30.7 Å². The minimum atomic E-state index is 0.0627. The van der Waals surface area contributed by atoms with Gasteiger partial charge in [0, 0.05) is 56.1 Å². The Morgan fingerprint density at radius 1 is 1.24 bits per heavy atom. The van der Waals surface area contributed by atoms with Crippen molar-refractivity contribution in [3.63, 3.8) is 0 Å². The lowest BCUT2D eigenvalue weighted by molar-refractivity contribution is 0.0741. The second-order valence-corrected chi connectivity index (χ2v) is 6.99. The van der Waals surface area contributed by atoms with Gasteiger partial charge in [0.05, 0.1) is 0 Å². The molecule has 2 aliphatic rings. The van der Waals surface area contributed by atoms with Gasteiger partial charge in [0.1, 0.15) is 17.3 Å². The lowest BCUT2D eigenvalue weighted by atomic mass is 9.78. The molecule has 0 spiro atoms. The van der Waals surface area contributed by atoms with Crippen LogP contribution in [0.4, 0.5) is 5.82 Å². The van der Waals surface area contributed by atoms with Crippen LogP contribution in [0.25, 0.3) is 0 Å². The molecule has 2 aromatic heterocycles.